The molecule has 0 aliphatic heterocycles. The fourth-order valence-electron chi connectivity index (χ4n) is 3.24. The van der Waals surface area contributed by atoms with Crippen molar-refractivity contribution >= 4 is 39.9 Å². The van der Waals surface area contributed by atoms with Crippen molar-refractivity contribution < 1.29 is 0 Å². The minimum Gasteiger partial charge on any atom is -0.278 e. The first-order valence-corrected chi connectivity index (χ1v) is 9.82. The van der Waals surface area contributed by atoms with E-state index in [2.05, 4.69) is 79.5 Å². The highest BCUT2D eigenvalue weighted by molar-refractivity contribution is 14.1. The Balaban J connectivity index is 2.37. The maximum atomic E-state index is 4.76. The number of nitrogens with zero attached hydrogens (tertiary/aromatic N) is 3. The molecular weight excluding hydrogens is 433 g/mol. The number of rotatable bonds is 3. The van der Waals surface area contributed by atoms with Crippen molar-refractivity contribution in [2.75, 3.05) is 4.90 Å². The predicted molar refractivity (Wildman–Crippen MR) is 118 cm³/mol. The standard InChI is InChI=1S/C22H24IN3/c1-13-12-14(2)25-22(24-13)26(19-10-8-7-9-11-19)21-18(6)16(4)15(3)17(5)20(21)23/h7-12H,1-6H3. The lowest BCUT2D eigenvalue weighted by Crippen LogP contribution is -2.18. The fraction of sp³-hybridized carbons (Fsp3) is 0.273. The van der Waals surface area contributed by atoms with E-state index in [0.29, 0.717) is 0 Å². The van der Waals surface area contributed by atoms with Crippen LogP contribution in [0.25, 0.3) is 0 Å². The molecule has 1 aromatic heterocycles. The van der Waals surface area contributed by atoms with Gasteiger partial charge in [-0.15, -0.1) is 0 Å². The highest BCUT2D eigenvalue weighted by Crippen LogP contribution is 2.41. The van der Waals surface area contributed by atoms with Crippen LogP contribution in [0.15, 0.2) is 36.4 Å². The topological polar surface area (TPSA) is 29.0 Å². The lowest BCUT2D eigenvalue weighted by atomic mass is 9.97. The summed E-state index contributed by atoms with van der Waals surface area (Å²) >= 11 is 2.46. The molecular formula is C22H24IN3. The third-order valence-electron chi connectivity index (χ3n) is 4.99. The Morgan fingerprint density at radius 2 is 1.27 bits per heavy atom. The Bertz CT molecular complexity index is 916. The molecule has 0 bridgehead atoms. The summed E-state index contributed by atoms with van der Waals surface area (Å²) in [6, 6.07) is 12.4. The second-order valence-corrected chi connectivity index (χ2v) is 7.86. The summed E-state index contributed by atoms with van der Waals surface area (Å²) < 4.78 is 1.25. The number of hydrogen-bond acceptors (Lipinski definition) is 3. The highest BCUT2D eigenvalue weighted by atomic mass is 127. The third-order valence-corrected chi connectivity index (χ3v) is 6.31. The van der Waals surface area contributed by atoms with Gasteiger partial charge in [0.2, 0.25) is 5.95 Å². The van der Waals surface area contributed by atoms with E-state index in [0.717, 1.165) is 23.0 Å². The molecule has 0 N–H and O–H groups in total. The van der Waals surface area contributed by atoms with Crippen LogP contribution in [0.2, 0.25) is 0 Å². The summed E-state index contributed by atoms with van der Waals surface area (Å²) in [6.07, 6.45) is 0. The summed E-state index contributed by atoms with van der Waals surface area (Å²) in [4.78, 5) is 11.7. The average molecular weight is 457 g/mol. The van der Waals surface area contributed by atoms with E-state index < -0.39 is 0 Å². The number of halogens is 1. The first-order chi connectivity index (χ1) is 12.3. The molecule has 0 spiro atoms. The predicted octanol–water partition coefficient (Wildman–Crippen LogP) is 6.40. The molecule has 2 aromatic carbocycles. The zero-order valence-corrected chi connectivity index (χ0v) is 18.3. The van der Waals surface area contributed by atoms with Gasteiger partial charge in [-0.25, -0.2) is 9.97 Å². The summed E-state index contributed by atoms with van der Waals surface area (Å²) in [6.45, 7) is 12.8. The third kappa shape index (κ3) is 3.34. The van der Waals surface area contributed by atoms with Crippen molar-refractivity contribution in [1.82, 2.24) is 9.97 Å². The van der Waals surface area contributed by atoms with Crippen molar-refractivity contribution in [2.45, 2.75) is 41.5 Å². The molecule has 0 saturated carbocycles. The second kappa shape index (κ2) is 7.35. The van der Waals surface area contributed by atoms with E-state index in [-0.39, 0.29) is 0 Å². The van der Waals surface area contributed by atoms with E-state index in [9.17, 15) is 0 Å². The molecule has 1 heterocycles. The molecule has 3 aromatic rings. The lowest BCUT2D eigenvalue weighted by Gasteiger charge is -2.29. The van der Waals surface area contributed by atoms with Crippen LogP contribution in [-0.4, -0.2) is 9.97 Å². The van der Waals surface area contributed by atoms with Gasteiger partial charge >= 0.3 is 0 Å². The second-order valence-electron chi connectivity index (χ2n) is 6.78. The van der Waals surface area contributed by atoms with Crippen LogP contribution in [0.3, 0.4) is 0 Å². The minimum atomic E-state index is 0.720. The zero-order valence-electron chi connectivity index (χ0n) is 16.2. The van der Waals surface area contributed by atoms with Gasteiger partial charge in [0.1, 0.15) is 0 Å². The molecule has 3 rings (SSSR count). The highest BCUT2D eigenvalue weighted by Gasteiger charge is 2.23. The van der Waals surface area contributed by atoms with Crippen LogP contribution in [0.4, 0.5) is 17.3 Å². The summed E-state index contributed by atoms with van der Waals surface area (Å²) in [5.41, 5.74) is 9.44. The van der Waals surface area contributed by atoms with Crippen LogP contribution < -0.4 is 4.90 Å². The van der Waals surface area contributed by atoms with E-state index in [4.69, 9.17) is 9.97 Å². The van der Waals surface area contributed by atoms with E-state index in [1.807, 2.05) is 26.0 Å². The fourth-order valence-corrected chi connectivity index (χ4v) is 4.29. The molecule has 0 radical (unpaired) electrons. The van der Waals surface area contributed by atoms with Crippen molar-refractivity contribution in [3.05, 3.63) is 73.6 Å². The number of aromatic nitrogens is 2. The Morgan fingerprint density at radius 1 is 0.731 bits per heavy atom. The molecule has 134 valence electrons. The van der Waals surface area contributed by atoms with Crippen molar-refractivity contribution in [1.29, 1.82) is 0 Å². The SMILES string of the molecule is Cc1cc(C)nc(N(c2ccccc2)c2c(C)c(C)c(C)c(C)c2I)n1. The number of anilines is 3. The van der Waals surface area contributed by atoms with Gasteiger partial charge in [0, 0.05) is 20.6 Å². The van der Waals surface area contributed by atoms with Crippen molar-refractivity contribution in [3.8, 4) is 0 Å². The molecule has 0 atom stereocenters. The minimum absolute atomic E-state index is 0.720. The van der Waals surface area contributed by atoms with Crippen molar-refractivity contribution in [2.24, 2.45) is 0 Å². The van der Waals surface area contributed by atoms with Gasteiger partial charge in [-0.3, -0.25) is 4.90 Å². The van der Waals surface area contributed by atoms with Crippen LogP contribution in [0.5, 0.6) is 0 Å². The van der Waals surface area contributed by atoms with Gasteiger partial charge in [0.15, 0.2) is 0 Å². The molecule has 3 nitrogen and oxygen atoms in total. The quantitative estimate of drug-likeness (QED) is 0.426. The Morgan fingerprint density at radius 3 is 1.85 bits per heavy atom. The van der Waals surface area contributed by atoms with Gasteiger partial charge in [0.25, 0.3) is 0 Å². The molecule has 0 saturated heterocycles. The molecule has 0 amide bonds. The Hall–Kier alpha value is -1.95. The summed E-state index contributed by atoms with van der Waals surface area (Å²) in [5.74, 6) is 0.720. The van der Waals surface area contributed by atoms with Gasteiger partial charge in [-0.1, -0.05) is 18.2 Å². The molecule has 0 unspecified atom stereocenters. The molecule has 0 aliphatic carbocycles. The Labute approximate surface area is 169 Å². The lowest BCUT2D eigenvalue weighted by molar-refractivity contribution is 1.00. The van der Waals surface area contributed by atoms with Gasteiger partial charge in [0.05, 0.1) is 5.69 Å². The van der Waals surface area contributed by atoms with Crippen LogP contribution in [0, 0.1) is 45.1 Å². The zero-order chi connectivity index (χ0) is 19.0. The first kappa shape index (κ1) is 18.8. The van der Waals surface area contributed by atoms with Gasteiger partial charge in [-0.05, 0) is 105 Å². The average Bonchev–Trinajstić information content (AvgIpc) is 2.62. The number of para-hydroxylation sites is 1. The molecule has 4 heteroatoms. The monoisotopic (exact) mass is 457 g/mol. The smallest absolute Gasteiger partial charge is 0.235 e. The van der Waals surface area contributed by atoms with E-state index in [1.165, 1.54) is 31.5 Å². The molecule has 0 fully saturated rings. The number of hydrogen-bond donors (Lipinski definition) is 0. The van der Waals surface area contributed by atoms with Gasteiger partial charge in [-0.2, -0.15) is 0 Å². The summed E-state index contributed by atoms with van der Waals surface area (Å²) in [5, 5.41) is 0. The molecule has 26 heavy (non-hydrogen) atoms. The maximum Gasteiger partial charge on any atom is 0.235 e. The van der Waals surface area contributed by atoms with Crippen LogP contribution in [0.1, 0.15) is 33.6 Å². The van der Waals surface area contributed by atoms with Crippen molar-refractivity contribution in [3.63, 3.8) is 0 Å². The first-order valence-electron chi connectivity index (χ1n) is 8.74. The molecule has 0 aliphatic rings. The summed E-state index contributed by atoms with van der Waals surface area (Å²) in [7, 11) is 0. The van der Waals surface area contributed by atoms with Crippen LogP contribution >= 0.6 is 22.6 Å². The number of aryl methyl sites for hydroxylation is 2. The normalized spacial score (nSPS) is 10.9. The van der Waals surface area contributed by atoms with E-state index >= 15 is 0 Å². The van der Waals surface area contributed by atoms with Gasteiger partial charge < -0.3 is 0 Å². The van der Waals surface area contributed by atoms with E-state index in [1.54, 1.807) is 0 Å². The Kier molecular flexibility index (Phi) is 5.32. The maximum absolute atomic E-state index is 4.76. The number of benzene rings is 2. The largest absolute Gasteiger partial charge is 0.278 e. The van der Waals surface area contributed by atoms with Crippen LogP contribution in [-0.2, 0) is 0 Å².